The lowest BCUT2D eigenvalue weighted by atomic mass is 9.96. The molecule has 1 aromatic carbocycles. The minimum absolute atomic E-state index is 0.0642. The predicted molar refractivity (Wildman–Crippen MR) is 111 cm³/mol. The molecular weight excluding hydrogens is 368 g/mol. The van der Waals surface area contributed by atoms with Crippen molar-refractivity contribution >= 4 is 17.6 Å². The Morgan fingerprint density at radius 2 is 1.76 bits per heavy atom. The number of hydrogen-bond acceptors (Lipinski definition) is 6. The number of hydrogen-bond donors (Lipinski definition) is 0. The van der Waals surface area contributed by atoms with Crippen LogP contribution in [0.25, 0.3) is 0 Å². The molecule has 0 spiro atoms. The zero-order valence-electron chi connectivity index (χ0n) is 17.3. The summed E-state index contributed by atoms with van der Waals surface area (Å²) in [6, 6.07) is 13.1. The van der Waals surface area contributed by atoms with Gasteiger partial charge in [0.15, 0.2) is 0 Å². The van der Waals surface area contributed by atoms with Crippen molar-refractivity contribution in [3.63, 3.8) is 0 Å². The monoisotopic (exact) mass is 396 g/mol. The molecule has 1 fully saturated rings. The average molecular weight is 396 g/mol. The molecule has 154 valence electrons. The molecule has 1 saturated heterocycles. The van der Waals surface area contributed by atoms with Crippen LogP contribution in [-0.4, -0.2) is 35.6 Å². The van der Waals surface area contributed by atoms with Crippen LogP contribution in [0.4, 0.5) is 5.69 Å². The Morgan fingerprint density at radius 1 is 1.07 bits per heavy atom. The van der Waals surface area contributed by atoms with Gasteiger partial charge in [-0.1, -0.05) is 30.3 Å². The van der Waals surface area contributed by atoms with E-state index in [1.807, 2.05) is 57.2 Å². The van der Waals surface area contributed by atoms with E-state index in [9.17, 15) is 9.59 Å². The van der Waals surface area contributed by atoms with Gasteiger partial charge in [-0.15, -0.1) is 0 Å². The van der Waals surface area contributed by atoms with Gasteiger partial charge in [-0.25, -0.2) is 9.78 Å². The minimum atomic E-state index is -0.455. The van der Waals surface area contributed by atoms with Gasteiger partial charge in [-0.05, 0) is 51.3 Å². The minimum Gasteiger partial charge on any atom is -0.460 e. The number of benzene rings is 1. The number of esters is 2. The van der Waals surface area contributed by atoms with Crippen LogP contribution >= 0.6 is 0 Å². The summed E-state index contributed by atoms with van der Waals surface area (Å²) in [6.45, 7) is 7.39. The summed E-state index contributed by atoms with van der Waals surface area (Å²) in [7, 11) is 0. The Labute approximate surface area is 171 Å². The third-order valence-electron chi connectivity index (χ3n) is 4.77. The smallest absolute Gasteiger partial charge is 0.357 e. The van der Waals surface area contributed by atoms with Crippen molar-refractivity contribution in [1.82, 2.24) is 4.98 Å². The Balaban J connectivity index is 1.50. The maximum absolute atomic E-state index is 12.2. The van der Waals surface area contributed by atoms with E-state index in [0.29, 0.717) is 0 Å². The number of pyridine rings is 1. The van der Waals surface area contributed by atoms with Crippen LogP contribution in [0.5, 0.6) is 0 Å². The van der Waals surface area contributed by atoms with E-state index in [-0.39, 0.29) is 24.2 Å². The first-order valence-corrected chi connectivity index (χ1v) is 9.97. The van der Waals surface area contributed by atoms with Crippen molar-refractivity contribution < 1.29 is 19.1 Å². The van der Waals surface area contributed by atoms with Gasteiger partial charge in [-0.3, -0.25) is 4.79 Å². The van der Waals surface area contributed by atoms with E-state index in [2.05, 4.69) is 9.88 Å². The van der Waals surface area contributed by atoms with E-state index in [1.165, 1.54) is 0 Å². The zero-order chi connectivity index (χ0) is 20.9. The van der Waals surface area contributed by atoms with Gasteiger partial charge < -0.3 is 14.4 Å². The van der Waals surface area contributed by atoms with Gasteiger partial charge in [0.1, 0.15) is 17.9 Å². The molecule has 1 aliphatic heterocycles. The van der Waals surface area contributed by atoms with Crippen molar-refractivity contribution in [3.05, 3.63) is 59.9 Å². The molecule has 3 rings (SSSR count). The van der Waals surface area contributed by atoms with E-state index in [4.69, 9.17) is 9.47 Å². The van der Waals surface area contributed by atoms with E-state index >= 15 is 0 Å². The summed E-state index contributed by atoms with van der Waals surface area (Å²) in [4.78, 5) is 30.9. The molecule has 2 aromatic rings. The quantitative estimate of drug-likeness (QED) is 0.712. The normalized spacial score (nSPS) is 15.1. The van der Waals surface area contributed by atoms with Gasteiger partial charge in [-0.2, -0.15) is 0 Å². The Kier molecular flexibility index (Phi) is 6.52. The number of piperidine rings is 1. The molecule has 0 bridgehead atoms. The summed E-state index contributed by atoms with van der Waals surface area (Å²) >= 11 is 0. The molecule has 29 heavy (non-hydrogen) atoms. The summed E-state index contributed by atoms with van der Waals surface area (Å²) in [5.41, 5.74) is 1.70. The summed E-state index contributed by atoms with van der Waals surface area (Å²) < 4.78 is 10.8. The molecule has 0 amide bonds. The lowest BCUT2D eigenvalue weighted by Gasteiger charge is -2.33. The molecule has 0 N–H and O–H groups in total. The fourth-order valence-electron chi connectivity index (χ4n) is 3.25. The van der Waals surface area contributed by atoms with Crippen LogP contribution in [0.1, 0.15) is 49.7 Å². The summed E-state index contributed by atoms with van der Waals surface area (Å²) in [6.07, 6.45) is 3.18. The maximum Gasteiger partial charge on any atom is 0.357 e. The van der Waals surface area contributed by atoms with Crippen molar-refractivity contribution in [2.75, 3.05) is 18.0 Å². The summed E-state index contributed by atoms with van der Waals surface area (Å²) in [5.74, 6) is -0.624. The first-order chi connectivity index (χ1) is 13.8. The molecule has 1 aliphatic rings. The molecule has 0 radical (unpaired) electrons. The fraction of sp³-hybridized carbons (Fsp3) is 0.435. The number of anilines is 1. The van der Waals surface area contributed by atoms with Gasteiger partial charge in [0, 0.05) is 13.1 Å². The Hall–Kier alpha value is -2.89. The van der Waals surface area contributed by atoms with Crippen LogP contribution in [0, 0.1) is 5.92 Å². The Bertz CT molecular complexity index is 820. The Morgan fingerprint density at radius 3 is 2.34 bits per heavy atom. The van der Waals surface area contributed by atoms with Crippen molar-refractivity contribution in [3.8, 4) is 0 Å². The van der Waals surface area contributed by atoms with Gasteiger partial charge in [0.2, 0.25) is 0 Å². The third kappa shape index (κ3) is 6.04. The second kappa shape index (κ2) is 9.07. The van der Waals surface area contributed by atoms with Crippen molar-refractivity contribution in [2.45, 2.75) is 45.8 Å². The van der Waals surface area contributed by atoms with Gasteiger partial charge in [0.05, 0.1) is 17.8 Å². The lowest BCUT2D eigenvalue weighted by Crippen LogP contribution is -2.38. The third-order valence-corrected chi connectivity index (χ3v) is 4.77. The lowest BCUT2D eigenvalue weighted by molar-refractivity contribution is -0.160. The zero-order valence-corrected chi connectivity index (χ0v) is 17.3. The molecule has 2 heterocycles. The molecule has 0 unspecified atom stereocenters. The van der Waals surface area contributed by atoms with Crippen LogP contribution in [0.15, 0.2) is 48.7 Å². The number of nitrogens with zero attached hydrogens (tertiary/aromatic N) is 2. The first-order valence-electron chi connectivity index (χ1n) is 9.97. The molecule has 1 aromatic heterocycles. The number of rotatable bonds is 5. The average Bonchev–Trinajstić information content (AvgIpc) is 2.72. The predicted octanol–water partition coefficient (Wildman–Crippen LogP) is 4.00. The van der Waals surface area contributed by atoms with Crippen LogP contribution in [0.3, 0.4) is 0 Å². The molecule has 6 heteroatoms. The topological polar surface area (TPSA) is 68.7 Å². The molecule has 0 atom stereocenters. The standard InChI is InChI=1S/C23H28N2O4/c1-23(2,3)29-21(26)18-11-13-25(14-12-18)19-9-10-20(24-15-19)22(27)28-16-17-7-5-4-6-8-17/h4-10,15,18H,11-14,16H2,1-3H3. The summed E-state index contributed by atoms with van der Waals surface area (Å²) in [5, 5.41) is 0. The number of aromatic nitrogens is 1. The van der Waals surface area contributed by atoms with Crippen molar-refractivity contribution in [1.29, 1.82) is 0 Å². The molecule has 6 nitrogen and oxygen atoms in total. The number of ether oxygens (including phenoxy) is 2. The SMILES string of the molecule is CC(C)(C)OC(=O)C1CCN(c2ccc(C(=O)OCc3ccccc3)nc2)CC1. The van der Waals surface area contributed by atoms with Gasteiger partial charge >= 0.3 is 11.9 Å². The number of carbonyl (C=O) groups is 2. The highest BCUT2D eigenvalue weighted by Crippen LogP contribution is 2.25. The van der Waals surface area contributed by atoms with E-state index in [0.717, 1.165) is 37.2 Å². The highest BCUT2D eigenvalue weighted by Gasteiger charge is 2.29. The molecule has 0 aliphatic carbocycles. The first kappa shape index (κ1) is 20.8. The highest BCUT2D eigenvalue weighted by molar-refractivity contribution is 5.87. The largest absolute Gasteiger partial charge is 0.460 e. The van der Waals surface area contributed by atoms with Crippen LogP contribution in [-0.2, 0) is 20.9 Å². The second-order valence-electron chi connectivity index (χ2n) is 8.26. The van der Waals surface area contributed by atoms with Crippen LogP contribution < -0.4 is 4.90 Å². The molecular formula is C23H28N2O4. The molecule has 0 saturated carbocycles. The van der Waals surface area contributed by atoms with E-state index < -0.39 is 11.6 Å². The highest BCUT2D eigenvalue weighted by atomic mass is 16.6. The second-order valence-corrected chi connectivity index (χ2v) is 8.26. The van der Waals surface area contributed by atoms with Gasteiger partial charge in [0.25, 0.3) is 0 Å². The van der Waals surface area contributed by atoms with Crippen molar-refractivity contribution in [2.24, 2.45) is 5.92 Å². The fourth-order valence-corrected chi connectivity index (χ4v) is 3.25. The van der Waals surface area contributed by atoms with E-state index in [1.54, 1.807) is 12.3 Å². The van der Waals surface area contributed by atoms with Crippen LogP contribution in [0.2, 0.25) is 0 Å². The maximum atomic E-state index is 12.2. The number of carbonyl (C=O) groups excluding carboxylic acids is 2.